The molecule has 6 nitrogen and oxygen atoms in total. The van der Waals surface area contributed by atoms with Gasteiger partial charge in [0.2, 0.25) is 5.95 Å². The van der Waals surface area contributed by atoms with E-state index in [9.17, 15) is 4.79 Å². The van der Waals surface area contributed by atoms with Gasteiger partial charge in [0.25, 0.3) is 0 Å². The molecule has 2 aromatic rings. The van der Waals surface area contributed by atoms with Crippen molar-refractivity contribution in [2.75, 3.05) is 11.9 Å². The summed E-state index contributed by atoms with van der Waals surface area (Å²) in [7, 11) is 0. The smallest absolute Gasteiger partial charge is 0.338 e. The molecule has 0 radical (unpaired) electrons. The Kier molecular flexibility index (Phi) is 4.29. The molecule has 1 aromatic carbocycles. The van der Waals surface area contributed by atoms with Crippen molar-refractivity contribution in [3.63, 3.8) is 0 Å². The van der Waals surface area contributed by atoms with Crippen molar-refractivity contribution >= 4 is 27.8 Å². The van der Waals surface area contributed by atoms with Gasteiger partial charge in [-0.25, -0.2) is 9.48 Å². The molecule has 118 valence electrons. The quantitative estimate of drug-likeness (QED) is 0.657. The number of halogens is 1. The fourth-order valence-corrected chi connectivity index (χ4v) is 2.97. The van der Waals surface area contributed by atoms with Crippen LogP contribution in [0.5, 0.6) is 0 Å². The van der Waals surface area contributed by atoms with Gasteiger partial charge in [-0.1, -0.05) is 40.7 Å². The van der Waals surface area contributed by atoms with Crippen LogP contribution in [0, 0.1) is 0 Å². The number of carbonyl (C=O) groups excluding carboxylic acids is 1. The molecule has 0 aliphatic carbocycles. The fourth-order valence-electron chi connectivity index (χ4n) is 2.55. The molecule has 0 fully saturated rings. The van der Waals surface area contributed by atoms with Gasteiger partial charge < -0.3 is 10.1 Å². The van der Waals surface area contributed by atoms with E-state index >= 15 is 0 Å². The second-order valence-corrected chi connectivity index (χ2v) is 5.95. The number of fused-ring (bicyclic) bond motifs is 1. The Morgan fingerprint density at radius 3 is 3.13 bits per heavy atom. The molecule has 0 spiro atoms. The molecule has 1 aliphatic rings. The van der Waals surface area contributed by atoms with Gasteiger partial charge in [-0.2, -0.15) is 10.1 Å². The largest absolute Gasteiger partial charge is 0.458 e. The molecular formula is C16H15BrN4O2. The number of esters is 1. The first-order valence-corrected chi connectivity index (χ1v) is 7.82. The van der Waals surface area contributed by atoms with Crippen molar-refractivity contribution < 1.29 is 9.53 Å². The maximum atomic E-state index is 12.5. The number of anilines is 1. The van der Waals surface area contributed by atoms with E-state index in [1.54, 1.807) is 10.8 Å². The van der Waals surface area contributed by atoms with Crippen LogP contribution in [0.15, 0.2) is 59.0 Å². The van der Waals surface area contributed by atoms with Gasteiger partial charge in [-0.05, 0) is 24.6 Å². The zero-order valence-electron chi connectivity index (χ0n) is 12.5. The second-order valence-electron chi connectivity index (χ2n) is 5.04. The van der Waals surface area contributed by atoms with Crippen molar-refractivity contribution in [2.45, 2.75) is 13.0 Å². The van der Waals surface area contributed by atoms with E-state index in [-0.39, 0.29) is 6.61 Å². The van der Waals surface area contributed by atoms with Crippen LogP contribution in [0.3, 0.4) is 0 Å². The minimum Gasteiger partial charge on any atom is -0.458 e. The highest BCUT2D eigenvalue weighted by Crippen LogP contribution is 2.35. The lowest BCUT2D eigenvalue weighted by Crippen LogP contribution is -2.29. The van der Waals surface area contributed by atoms with Crippen LogP contribution in [-0.2, 0) is 9.53 Å². The molecule has 1 atom stereocenters. The van der Waals surface area contributed by atoms with Crippen molar-refractivity contribution in [3.05, 3.63) is 64.6 Å². The summed E-state index contributed by atoms with van der Waals surface area (Å²) in [5.41, 5.74) is 2.12. The first-order valence-electron chi connectivity index (χ1n) is 7.02. The normalized spacial score (nSPS) is 16.5. The van der Waals surface area contributed by atoms with Crippen LogP contribution < -0.4 is 5.32 Å². The van der Waals surface area contributed by atoms with Crippen LogP contribution in [0.4, 0.5) is 5.95 Å². The average molecular weight is 375 g/mol. The highest BCUT2D eigenvalue weighted by atomic mass is 79.9. The average Bonchev–Trinajstić information content (AvgIpc) is 2.99. The number of carbonyl (C=O) groups is 1. The van der Waals surface area contributed by atoms with E-state index in [0.29, 0.717) is 17.2 Å². The van der Waals surface area contributed by atoms with E-state index in [2.05, 4.69) is 37.9 Å². The molecule has 7 heteroatoms. The van der Waals surface area contributed by atoms with Crippen molar-refractivity contribution in [3.8, 4) is 0 Å². The fraction of sp³-hybridized carbons (Fsp3) is 0.188. The predicted molar refractivity (Wildman–Crippen MR) is 89.8 cm³/mol. The Morgan fingerprint density at radius 2 is 2.39 bits per heavy atom. The summed E-state index contributed by atoms with van der Waals surface area (Å²) in [4.78, 5) is 16.7. The van der Waals surface area contributed by atoms with E-state index in [4.69, 9.17) is 4.74 Å². The SMILES string of the molecule is C=CCOC(=O)C1=C(C)Nc2ncnn2[C@@H]1c1cccc(Br)c1. The number of rotatable bonds is 4. The summed E-state index contributed by atoms with van der Waals surface area (Å²) in [6.45, 7) is 5.56. The summed E-state index contributed by atoms with van der Waals surface area (Å²) in [5.74, 6) is 0.189. The molecule has 0 unspecified atom stereocenters. The zero-order chi connectivity index (χ0) is 16.4. The predicted octanol–water partition coefficient (Wildman–Crippen LogP) is 3.06. The highest BCUT2D eigenvalue weighted by molar-refractivity contribution is 9.10. The lowest BCUT2D eigenvalue weighted by Gasteiger charge is -2.28. The molecule has 3 rings (SSSR count). The third kappa shape index (κ3) is 2.92. The minimum absolute atomic E-state index is 0.158. The molecule has 1 N–H and O–H groups in total. The Bertz CT molecular complexity index is 797. The Morgan fingerprint density at radius 1 is 1.57 bits per heavy atom. The molecule has 1 aromatic heterocycles. The van der Waals surface area contributed by atoms with E-state index in [0.717, 1.165) is 10.0 Å². The number of allylic oxidation sites excluding steroid dienone is 1. The monoisotopic (exact) mass is 374 g/mol. The lowest BCUT2D eigenvalue weighted by atomic mass is 9.96. The van der Waals surface area contributed by atoms with Crippen molar-refractivity contribution in [1.82, 2.24) is 14.8 Å². The number of nitrogens with zero attached hydrogens (tertiary/aromatic N) is 3. The molecule has 0 saturated heterocycles. The standard InChI is InChI=1S/C16H15BrN4O2/c1-3-7-23-15(22)13-10(2)20-16-18-9-19-21(16)14(13)11-5-4-6-12(17)8-11/h3-6,8-9,14H,1,7H2,2H3,(H,18,19,20)/t14-/m1/s1. The van der Waals surface area contributed by atoms with Gasteiger partial charge in [0.15, 0.2) is 0 Å². The lowest BCUT2D eigenvalue weighted by molar-refractivity contribution is -0.138. The summed E-state index contributed by atoms with van der Waals surface area (Å²) in [6, 6.07) is 7.35. The van der Waals surface area contributed by atoms with Crippen LogP contribution in [0.25, 0.3) is 0 Å². The summed E-state index contributed by atoms with van der Waals surface area (Å²) in [5, 5.41) is 7.35. The first kappa shape index (κ1) is 15.5. The minimum atomic E-state index is -0.402. The van der Waals surface area contributed by atoms with Crippen LogP contribution in [0.2, 0.25) is 0 Å². The van der Waals surface area contributed by atoms with Crippen LogP contribution in [0.1, 0.15) is 18.5 Å². The molecule has 0 bridgehead atoms. The molecule has 23 heavy (non-hydrogen) atoms. The van der Waals surface area contributed by atoms with E-state index in [1.807, 2.05) is 31.2 Å². The number of hydrogen-bond acceptors (Lipinski definition) is 5. The first-order chi connectivity index (χ1) is 11.1. The number of aromatic nitrogens is 3. The second kappa shape index (κ2) is 6.37. The maximum absolute atomic E-state index is 12.5. The van der Waals surface area contributed by atoms with Gasteiger partial charge in [0, 0.05) is 10.2 Å². The van der Waals surface area contributed by atoms with Crippen molar-refractivity contribution in [1.29, 1.82) is 0 Å². The molecular weight excluding hydrogens is 360 g/mol. The van der Waals surface area contributed by atoms with Crippen molar-refractivity contribution in [2.24, 2.45) is 0 Å². The zero-order valence-corrected chi connectivity index (χ0v) is 14.1. The number of benzene rings is 1. The molecule has 1 aliphatic heterocycles. The topological polar surface area (TPSA) is 69.0 Å². The van der Waals surface area contributed by atoms with Crippen LogP contribution >= 0.6 is 15.9 Å². The summed E-state index contributed by atoms with van der Waals surface area (Å²) >= 11 is 3.47. The van der Waals surface area contributed by atoms with E-state index in [1.165, 1.54) is 6.33 Å². The van der Waals surface area contributed by atoms with Gasteiger partial charge in [-0.15, -0.1) is 0 Å². The third-order valence-corrected chi connectivity index (χ3v) is 4.00. The molecule has 2 heterocycles. The summed E-state index contributed by atoms with van der Waals surface area (Å²) in [6.07, 6.45) is 3.00. The Hall–Kier alpha value is -2.41. The Balaban J connectivity index is 2.10. The van der Waals surface area contributed by atoms with Gasteiger partial charge in [-0.3, -0.25) is 0 Å². The van der Waals surface area contributed by atoms with Gasteiger partial charge in [0.1, 0.15) is 19.0 Å². The molecule has 0 saturated carbocycles. The highest BCUT2D eigenvalue weighted by Gasteiger charge is 2.34. The van der Waals surface area contributed by atoms with Crippen LogP contribution in [-0.4, -0.2) is 27.3 Å². The number of ether oxygens (including phenoxy) is 1. The van der Waals surface area contributed by atoms with Gasteiger partial charge >= 0.3 is 5.97 Å². The maximum Gasteiger partial charge on any atom is 0.338 e. The van der Waals surface area contributed by atoms with E-state index < -0.39 is 12.0 Å². The number of nitrogens with one attached hydrogen (secondary N) is 1. The third-order valence-electron chi connectivity index (χ3n) is 3.51. The Labute approximate surface area is 142 Å². The summed E-state index contributed by atoms with van der Waals surface area (Å²) < 4.78 is 7.85. The number of hydrogen-bond donors (Lipinski definition) is 1. The molecule has 0 amide bonds. The van der Waals surface area contributed by atoms with Gasteiger partial charge in [0.05, 0.1) is 5.57 Å².